The predicted octanol–water partition coefficient (Wildman–Crippen LogP) is 3.35. The molecule has 0 radical (unpaired) electrons. The Bertz CT molecular complexity index is 324. The summed E-state index contributed by atoms with van der Waals surface area (Å²) in [6, 6.07) is 8.09. The van der Waals surface area contributed by atoms with Gasteiger partial charge in [-0.3, -0.25) is 0 Å². The molecule has 96 valence electrons. The highest BCUT2D eigenvalue weighted by atomic mass is 16.3. The van der Waals surface area contributed by atoms with Gasteiger partial charge >= 0.3 is 0 Å². The van der Waals surface area contributed by atoms with E-state index in [0.717, 1.165) is 19.4 Å². The van der Waals surface area contributed by atoms with Crippen molar-refractivity contribution in [1.82, 2.24) is 5.32 Å². The Morgan fingerprint density at radius 2 is 2.06 bits per heavy atom. The van der Waals surface area contributed by atoms with Crippen molar-refractivity contribution in [3.63, 3.8) is 0 Å². The maximum absolute atomic E-state index is 9.48. The maximum Gasteiger partial charge on any atom is 0.115 e. The molecule has 2 N–H and O–H groups in total. The molecular formula is C15H25NO. The number of phenols is 1. The van der Waals surface area contributed by atoms with Gasteiger partial charge in [0.15, 0.2) is 0 Å². The highest BCUT2D eigenvalue weighted by Gasteiger charge is 2.15. The van der Waals surface area contributed by atoms with Crippen LogP contribution in [0.5, 0.6) is 5.75 Å². The van der Waals surface area contributed by atoms with E-state index in [2.05, 4.69) is 32.2 Å². The molecule has 2 unspecified atom stereocenters. The summed E-state index contributed by atoms with van der Waals surface area (Å²) in [4.78, 5) is 0. The summed E-state index contributed by atoms with van der Waals surface area (Å²) in [5, 5.41) is 13.1. The van der Waals surface area contributed by atoms with Gasteiger partial charge in [-0.05, 0) is 43.0 Å². The molecule has 17 heavy (non-hydrogen) atoms. The number of benzene rings is 1. The van der Waals surface area contributed by atoms with Crippen LogP contribution in [-0.4, -0.2) is 17.7 Å². The third-order valence-corrected chi connectivity index (χ3v) is 3.35. The molecule has 0 fully saturated rings. The summed E-state index contributed by atoms with van der Waals surface area (Å²) in [6.45, 7) is 7.77. The molecule has 0 saturated carbocycles. The van der Waals surface area contributed by atoms with Gasteiger partial charge in [0.05, 0.1) is 0 Å². The number of nitrogens with one attached hydrogen (secondary N) is 1. The molecular weight excluding hydrogens is 210 g/mol. The molecule has 0 amide bonds. The molecule has 1 aromatic rings. The Labute approximate surface area is 105 Å². The van der Waals surface area contributed by atoms with E-state index in [-0.39, 0.29) is 0 Å². The van der Waals surface area contributed by atoms with Crippen LogP contribution in [-0.2, 0) is 6.42 Å². The normalized spacial score (nSPS) is 14.5. The quantitative estimate of drug-likeness (QED) is 0.759. The zero-order valence-electron chi connectivity index (χ0n) is 11.2. The van der Waals surface area contributed by atoms with Crippen molar-refractivity contribution in [2.75, 3.05) is 6.54 Å². The molecule has 0 bridgehead atoms. The second kappa shape index (κ2) is 7.33. The Hall–Kier alpha value is -1.02. The van der Waals surface area contributed by atoms with Gasteiger partial charge < -0.3 is 10.4 Å². The van der Waals surface area contributed by atoms with Gasteiger partial charge in [-0.25, -0.2) is 0 Å². The second-order valence-electron chi connectivity index (χ2n) is 4.82. The van der Waals surface area contributed by atoms with Crippen LogP contribution in [0.4, 0.5) is 0 Å². The lowest BCUT2D eigenvalue weighted by Gasteiger charge is -2.24. The van der Waals surface area contributed by atoms with Gasteiger partial charge in [-0.1, -0.05) is 39.3 Å². The first-order valence-corrected chi connectivity index (χ1v) is 6.68. The molecule has 0 spiro atoms. The van der Waals surface area contributed by atoms with E-state index in [4.69, 9.17) is 0 Å². The van der Waals surface area contributed by atoms with Crippen LogP contribution < -0.4 is 5.32 Å². The molecule has 0 heterocycles. The van der Waals surface area contributed by atoms with Gasteiger partial charge in [0.2, 0.25) is 0 Å². The van der Waals surface area contributed by atoms with Crippen molar-refractivity contribution in [2.45, 2.75) is 46.1 Å². The average molecular weight is 235 g/mol. The maximum atomic E-state index is 9.48. The Morgan fingerprint density at radius 3 is 2.65 bits per heavy atom. The SMILES string of the molecule is CCCNC(Cc1cccc(O)c1)C(C)CC. The minimum Gasteiger partial charge on any atom is -0.508 e. The summed E-state index contributed by atoms with van der Waals surface area (Å²) in [5.74, 6) is 1.02. The van der Waals surface area contributed by atoms with Crippen molar-refractivity contribution in [2.24, 2.45) is 5.92 Å². The van der Waals surface area contributed by atoms with Crippen LogP contribution >= 0.6 is 0 Å². The van der Waals surface area contributed by atoms with Crippen molar-refractivity contribution < 1.29 is 5.11 Å². The summed E-state index contributed by atoms with van der Waals surface area (Å²) < 4.78 is 0. The highest BCUT2D eigenvalue weighted by molar-refractivity contribution is 5.27. The van der Waals surface area contributed by atoms with Crippen molar-refractivity contribution in [1.29, 1.82) is 0 Å². The molecule has 1 aromatic carbocycles. The van der Waals surface area contributed by atoms with E-state index >= 15 is 0 Å². The lowest BCUT2D eigenvalue weighted by Crippen LogP contribution is -2.37. The fraction of sp³-hybridized carbons (Fsp3) is 0.600. The van der Waals surface area contributed by atoms with Gasteiger partial charge in [-0.2, -0.15) is 0 Å². The van der Waals surface area contributed by atoms with Crippen molar-refractivity contribution in [3.05, 3.63) is 29.8 Å². The van der Waals surface area contributed by atoms with Crippen LogP contribution in [0.25, 0.3) is 0 Å². The lowest BCUT2D eigenvalue weighted by atomic mass is 9.93. The fourth-order valence-corrected chi connectivity index (χ4v) is 2.03. The molecule has 0 saturated heterocycles. The molecule has 0 aliphatic carbocycles. The highest BCUT2D eigenvalue weighted by Crippen LogP contribution is 2.17. The average Bonchev–Trinajstić information content (AvgIpc) is 2.33. The van der Waals surface area contributed by atoms with E-state index in [0.29, 0.717) is 17.7 Å². The van der Waals surface area contributed by atoms with Crippen molar-refractivity contribution >= 4 is 0 Å². The van der Waals surface area contributed by atoms with E-state index < -0.39 is 0 Å². The minimum atomic E-state index is 0.362. The first kappa shape index (κ1) is 14.0. The van der Waals surface area contributed by atoms with E-state index in [9.17, 15) is 5.11 Å². The summed E-state index contributed by atoms with van der Waals surface area (Å²) in [6.07, 6.45) is 3.33. The second-order valence-corrected chi connectivity index (χ2v) is 4.82. The summed E-state index contributed by atoms with van der Waals surface area (Å²) in [5.41, 5.74) is 1.21. The standard InChI is InChI=1S/C15H25NO/c1-4-9-16-15(12(3)5-2)11-13-7-6-8-14(17)10-13/h6-8,10,12,15-17H,4-5,9,11H2,1-3H3. The third kappa shape index (κ3) is 4.78. The van der Waals surface area contributed by atoms with E-state index in [1.54, 1.807) is 6.07 Å². The largest absolute Gasteiger partial charge is 0.508 e. The first-order valence-electron chi connectivity index (χ1n) is 6.68. The van der Waals surface area contributed by atoms with E-state index in [1.807, 2.05) is 12.1 Å². The Balaban J connectivity index is 2.64. The van der Waals surface area contributed by atoms with Crippen LogP contribution in [0, 0.1) is 5.92 Å². The predicted molar refractivity (Wildman–Crippen MR) is 73.3 cm³/mol. The molecule has 2 nitrogen and oxygen atoms in total. The summed E-state index contributed by atoms with van der Waals surface area (Å²) >= 11 is 0. The number of hydrogen-bond donors (Lipinski definition) is 2. The molecule has 0 aromatic heterocycles. The Kier molecular flexibility index (Phi) is 6.06. The first-order chi connectivity index (χ1) is 8.17. The Morgan fingerprint density at radius 1 is 1.29 bits per heavy atom. The molecule has 2 atom stereocenters. The van der Waals surface area contributed by atoms with E-state index in [1.165, 1.54) is 12.0 Å². The van der Waals surface area contributed by atoms with Gasteiger partial charge in [0.1, 0.15) is 5.75 Å². The van der Waals surface area contributed by atoms with Crippen LogP contribution in [0.3, 0.4) is 0 Å². The molecule has 2 heteroatoms. The van der Waals surface area contributed by atoms with Crippen LogP contribution in [0.15, 0.2) is 24.3 Å². The number of rotatable bonds is 7. The van der Waals surface area contributed by atoms with Crippen LogP contribution in [0.2, 0.25) is 0 Å². The molecule has 0 aliphatic rings. The monoisotopic (exact) mass is 235 g/mol. The summed E-state index contributed by atoms with van der Waals surface area (Å²) in [7, 11) is 0. The fourth-order valence-electron chi connectivity index (χ4n) is 2.03. The smallest absolute Gasteiger partial charge is 0.115 e. The molecule has 0 aliphatic heterocycles. The van der Waals surface area contributed by atoms with Gasteiger partial charge in [0, 0.05) is 6.04 Å². The number of aromatic hydroxyl groups is 1. The molecule has 1 rings (SSSR count). The van der Waals surface area contributed by atoms with Gasteiger partial charge in [0.25, 0.3) is 0 Å². The lowest BCUT2D eigenvalue weighted by molar-refractivity contribution is 0.364. The zero-order valence-corrected chi connectivity index (χ0v) is 11.2. The topological polar surface area (TPSA) is 32.3 Å². The van der Waals surface area contributed by atoms with Crippen LogP contribution in [0.1, 0.15) is 39.2 Å². The number of hydrogen-bond acceptors (Lipinski definition) is 2. The number of phenolic OH excluding ortho intramolecular Hbond substituents is 1. The zero-order chi connectivity index (χ0) is 12.7. The van der Waals surface area contributed by atoms with Crippen molar-refractivity contribution in [3.8, 4) is 5.75 Å². The minimum absolute atomic E-state index is 0.362. The van der Waals surface area contributed by atoms with Gasteiger partial charge in [-0.15, -0.1) is 0 Å². The third-order valence-electron chi connectivity index (χ3n) is 3.35.